The van der Waals surface area contributed by atoms with Gasteiger partial charge in [-0.1, -0.05) is 30.3 Å². The lowest BCUT2D eigenvalue weighted by molar-refractivity contribution is -0.317. The van der Waals surface area contributed by atoms with Crippen molar-refractivity contribution in [2.45, 2.75) is 12.3 Å². The molecule has 0 amide bonds. The van der Waals surface area contributed by atoms with Gasteiger partial charge in [0.25, 0.3) is 0 Å². The topological polar surface area (TPSA) is 80.3 Å². The van der Waals surface area contributed by atoms with E-state index >= 15 is 0 Å². The third-order valence-corrected chi connectivity index (χ3v) is 1.86. The van der Waals surface area contributed by atoms with Crippen molar-refractivity contribution < 1.29 is 19.8 Å². The number of rotatable bonds is 4. The molecule has 0 saturated heterocycles. The van der Waals surface area contributed by atoms with Crippen LogP contribution in [0.3, 0.4) is 0 Å². The van der Waals surface area contributed by atoms with E-state index in [-0.39, 0.29) is 0 Å². The summed E-state index contributed by atoms with van der Waals surface area (Å²) in [6, 6.07) is 8.09. The van der Waals surface area contributed by atoms with Gasteiger partial charge in [-0.15, -0.1) is 0 Å². The van der Waals surface area contributed by atoms with Crippen molar-refractivity contribution in [3.8, 4) is 0 Å². The predicted octanol–water partition coefficient (Wildman–Crippen LogP) is -1.34. The Hall–Kier alpha value is -1.84. The van der Waals surface area contributed by atoms with E-state index < -0.39 is 24.3 Å². The van der Waals surface area contributed by atoms with Crippen molar-refractivity contribution in [2.75, 3.05) is 0 Å². The van der Waals surface area contributed by atoms with Crippen LogP contribution in [0.5, 0.6) is 0 Å². The van der Waals surface area contributed by atoms with Crippen molar-refractivity contribution in [2.24, 2.45) is 0 Å². The first-order valence-electron chi connectivity index (χ1n) is 4.07. The van der Waals surface area contributed by atoms with E-state index in [1.54, 1.807) is 30.3 Å². The van der Waals surface area contributed by atoms with Crippen molar-refractivity contribution >= 4 is 11.9 Å². The molecule has 74 valence electrons. The molecule has 0 saturated carbocycles. The number of hydrogen-bond donors (Lipinski definition) is 0. The summed E-state index contributed by atoms with van der Waals surface area (Å²) >= 11 is 0. The van der Waals surface area contributed by atoms with Crippen LogP contribution in [0, 0.1) is 0 Å². The zero-order valence-electron chi connectivity index (χ0n) is 7.30. The van der Waals surface area contributed by atoms with Gasteiger partial charge in [0.2, 0.25) is 0 Å². The summed E-state index contributed by atoms with van der Waals surface area (Å²) in [5, 5.41) is 20.9. The molecule has 0 aliphatic carbocycles. The number of benzene rings is 1. The first-order chi connectivity index (χ1) is 6.61. The van der Waals surface area contributed by atoms with E-state index in [1.165, 1.54) is 0 Å². The summed E-state index contributed by atoms with van der Waals surface area (Å²) in [6.07, 6.45) is -0.563. The number of carbonyl (C=O) groups is 2. The zero-order chi connectivity index (χ0) is 10.6. The van der Waals surface area contributed by atoms with E-state index in [4.69, 9.17) is 0 Å². The largest absolute Gasteiger partial charge is 0.550 e. The van der Waals surface area contributed by atoms with Crippen LogP contribution < -0.4 is 10.2 Å². The minimum atomic E-state index is -1.40. The van der Waals surface area contributed by atoms with Crippen LogP contribution in [-0.2, 0) is 9.59 Å². The van der Waals surface area contributed by atoms with Gasteiger partial charge in [-0.05, 0) is 12.0 Å². The van der Waals surface area contributed by atoms with Gasteiger partial charge < -0.3 is 19.8 Å². The molecule has 0 spiro atoms. The lowest BCUT2D eigenvalue weighted by Crippen LogP contribution is -2.34. The van der Waals surface area contributed by atoms with Crippen LogP contribution in [0.25, 0.3) is 0 Å². The average molecular weight is 192 g/mol. The minimum Gasteiger partial charge on any atom is -0.550 e. The van der Waals surface area contributed by atoms with Crippen LogP contribution in [0.1, 0.15) is 17.9 Å². The minimum absolute atomic E-state index is 0.414. The fourth-order valence-corrected chi connectivity index (χ4v) is 1.19. The lowest BCUT2D eigenvalue weighted by Gasteiger charge is -2.18. The van der Waals surface area contributed by atoms with Gasteiger partial charge in [-0.25, -0.2) is 0 Å². The molecule has 0 heterocycles. The maximum atomic E-state index is 10.6. The second-order valence-corrected chi connectivity index (χ2v) is 2.86. The Morgan fingerprint density at radius 3 is 2.14 bits per heavy atom. The number of hydrogen-bond acceptors (Lipinski definition) is 4. The van der Waals surface area contributed by atoms with Crippen LogP contribution >= 0.6 is 0 Å². The summed E-state index contributed by atoms with van der Waals surface area (Å²) in [7, 11) is 0. The van der Waals surface area contributed by atoms with E-state index in [0.717, 1.165) is 0 Å². The molecule has 1 rings (SSSR count). The number of carboxylic acids is 2. The van der Waals surface area contributed by atoms with Crippen LogP contribution in [-0.4, -0.2) is 11.9 Å². The second kappa shape index (κ2) is 4.41. The van der Waals surface area contributed by atoms with E-state index in [0.29, 0.717) is 5.56 Å². The zero-order valence-corrected chi connectivity index (χ0v) is 7.30. The molecule has 0 unspecified atom stereocenters. The predicted molar refractivity (Wildman–Crippen MR) is 43.8 cm³/mol. The monoisotopic (exact) mass is 192 g/mol. The standard InChI is InChI=1S/C10H10O4/c11-9(12)6-8(10(13)14)7-4-2-1-3-5-7/h1-5,8H,6H2,(H,11,12)(H,13,14)/p-2/t8-/m1/s1. The van der Waals surface area contributed by atoms with Gasteiger partial charge in [0.15, 0.2) is 0 Å². The number of carbonyl (C=O) groups excluding carboxylic acids is 2. The lowest BCUT2D eigenvalue weighted by atomic mass is 9.96. The molecule has 0 N–H and O–H groups in total. The molecule has 0 fully saturated rings. The van der Waals surface area contributed by atoms with Gasteiger partial charge in [0, 0.05) is 17.9 Å². The Labute approximate surface area is 80.8 Å². The molecule has 0 aliphatic heterocycles. The first kappa shape index (κ1) is 10.2. The molecule has 0 aliphatic rings. The molecular formula is C10H8O4-2. The van der Waals surface area contributed by atoms with Crippen LogP contribution in [0.2, 0.25) is 0 Å². The molecule has 1 atom stereocenters. The molecule has 1 aromatic rings. The highest BCUT2D eigenvalue weighted by Gasteiger charge is 2.12. The Morgan fingerprint density at radius 2 is 1.71 bits per heavy atom. The van der Waals surface area contributed by atoms with Crippen molar-refractivity contribution in [1.82, 2.24) is 0 Å². The molecule has 1 aromatic carbocycles. The SMILES string of the molecule is O=C([O-])C[C@@H](C(=O)[O-])c1ccccc1. The Kier molecular flexibility index (Phi) is 3.23. The van der Waals surface area contributed by atoms with Gasteiger partial charge in [-0.3, -0.25) is 0 Å². The van der Waals surface area contributed by atoms with Crippen LogP contribution in [0.15, 0.2) is 30.3 Å². The third kappa shape index (κ3) is 2.58. The molecule has 0 radical (unpaired) electrons. The molecule has 0 aromatic heterocycles. The number of carboxylic acid groups (broad SMARTS) is 2. The summed E-state index contributed by atoms with van der Waals surface area (Å²) in [4.78, 5) is 20.9. The van der Waals surface area contributed by atoms with Gasteiger partial charge >= 0.3 is 0 Å². The van der Waals surface area contributed by atoms with Gasteiger partial charge in [0.1, 0.15) is 0 Å². The smallest absolute Gasteiger partial charge is 0.0493 e. The van der Waals surface area contributed by atoms with E-state index in [1.807, 2.05) is 0 Å². The highest BCUT2D eigenvalue weighted by Crippen LogP contribution is 2.17. The highest BCUT2D eigenvalue weighted by atomic mass is 16.4. The maximum Gasteiger partial charge on any atom is 0.0493 e. The van der Waals surface area contributed by atoms with Crippen molar-refractivity contribution in [1.29, 1.82) is 0 Å². The summed E-state index contributed by atoms with van der Waals surface area (Å²) in [6.45, 7) is 0. The van der Waals surface area contributed by atoms with Crippen molar-refractivity contribution in [3.63, 3.8) is 0 Å². The van der Waals surface area contributed by atoms with Crippen LogP contribution in [0.4, 0.5) is 0 Å². The summed E-state index contributed by atoms with van der Waals surface area (Å²) < 4.78 is 0. The number of aliphatic carboxylic acids is 2. The van der Waals surface area contributed by atoms with E-state index in [9.17, 15) is 19.8 Å². The Morgan fingerprint density at radius 1 is 1.14 bits per heavy atom. The normalized spacial score (nSPS) is 12.0. The molecule has 4 heteroatoms. The molecular weight excluding hydrogens is 184 g/mol. The maximum absolute atomic E-state index is 10.6. The van der Waals surface area contributed by atoms with E-state index in [2.05, 4.69) is 0 Å². The average Bonchev–Trinajstić information content (AvgIpc) is 2.15. The third-order valence-electron chi connectivity index (χ3n) is 1.86. The molecule has 14 heavy (non-hydrogen) atoms. The first-order valence-corrected chi connectivity index (χ1v) is 4.07. The van der Waals surface area contributed by atoms with Crippen molar-refractivity contribution in [3.05, 3.63) is 35.9 Å². The highest BCUT2D eigenvalue weighted by molar-refractivity contribution is 5.80. The quantitative estimate of drug-likeness (QED) is 0.591. The molecule has 4 nitrogen and oxygen atoms in total. The fourth-order valence-electron chi connectivity index (χ4n) is 1.19. The Balaban J connectivity index is 2.89. The molecule has 0 bridgehead atoms. The fraction of sp³-hybridized carbons (Fsp3) is 0.200. The van der Waals surface area contributed by atoms with Gasteiger partial charge in [0.05, 0.1) is 0 Å². The van der Waals surface area contributed by atoms with Gasteiger partial charge in [-0.2, -0.15) is 0 Å². The summed E-state index contributed by atoms with van der Waals surface area (Å²) in [5.41, 5.74) is 0.414. The Bertz CT molecular complexity index is 331. The summed E-state index contributed by atoms with van der Waals surface area (Å²) in [5.74, 6) is -3.94. The second-order valence-electron chi connectivity index (χ2n) is 2.86.